The fraction of sp³-hybridized carbons (Fsp3) is 0.300. The fourth-order valence-electron chi connectivity index (χ4n) is 4.16. The molecule has 1 heterocycles. The highest BCUT2D eigenvalue weighted by Crippen LogP contribution is 2.31. The summed E-state index contributed by atoms with van der Waals surface area (Å²) in [7, 11) is 0. The van der Waals surface area contributed by atoms with Gasteiger partial charge < -0.3 is 10.2 Å². The van der Waals surface area contributed by atoms with E-state index in [1.165, 1.54) is 17.3 Å². The molecule has 0 saturated carbocycles. The third-order valence-electron chi connectivity index (χ3n) is 6.34. The van der Waals surface area contributed by atoms with Gasteiger partial charge in [0.05, 0.1) is 5.75 Å². The number of carbonyl (C=O) groups is 1. The van der Waals surface area contributed by atoms with Gasteiger partial charge >= 0.3 is 0 Å². The molecule has 1 amide bonds. The highest BCUT2D eigenvalue weighted by atomic mass is 35.5. The van der Waals surface area contributed by atoms with Gasteiger partial charge in [0.1, 0.15) is 0 Å². The van der Waals surface area contributed by atoms with E-state index in [0.717, 1.165) is 35.7 Å². The van der Waals surface area contributed by atoms with Crippen molar-refractivity contribution in [2.24, 2.45) is 0 Å². The molecule has 0 saturated heterocycles. The van der Waals surface area contributed by atoms with Crippen molar-refractivity contribution in [3.63, 3.8) is 0 Å². The average molecular weight is 548 g/mol. The molecule has 0 unspecified atom stereocenters. The number of aromatic nitrogens is 3. The Bertz CT molecular complexity index is 1360. The second kappa shape index (κ2) is 12.0. The maximum Gasteiger partial charge on any atom is 0.234 e. The molecule has 4 aromatic rings. The lowest BCUT2D eigenvalue weighted by atomic mass is 9.87. The Morgan fingerprint density at radius 1 is 0.921 bits per heavy atom. The number of hydrogen-bond acceptors (Lipinski definition) is 5. The van der Waals surface area contributed by atoms with Crippen LogP contribution in [0.2, 0.25) is 5.02 Å². The lowest BCUT2D eigenvalue weighted by Gasteiger charge is -2.21. The summed E-state index contributed by atoms with van der Waals surface area (Å²) in [5.41, 5.74) is 5.04. The Balaban J connectivity index is 1.54. The van der Waals surface area contributed by atoms with E-state index in [2.05, 4.69) is 79.3 Å². The van der Waals surface area contributed by atoms with E-state index in [1.54, 1.807) is 0 Å². The molecular weight excluding hydrogens is 514 g/mol. The Morgan fingerprint density at radius 3 is 2.13 bits per heavy atom. The number of anilines is 2. The molecule has 0 atom stereocenters. The summed E-state index contributed by atoms with van der Waals surface area (Å²) in [6.07, 6.45) is 0. The molecule has 8 heteroatoms. The van der Waals surface area contributed by atoms with E-state index >= 15 is 0 Å². The molecule has 6 nitrogen and oxygen atoms in total. The van der Waals surface area contributed by atoms with Crippen LogP contribution in [0.5, 0.6) is 0 Å². The second-order valence-corrected chi connectivity index (χ2v) is 11.4. The fourth-order valence-corrected chi connectivity index (χ4v) is 5.04. The minimum absolute atomic E-state index is 0.0580. The lowest BCUT2D eigenvalue weighted by Crippen LogP contribution is -2.21. The van der Waals surface area contributed by atoms with Crippen molar-refractivity contribution in [3.05, 3.63) is 83.4 Å². The van der Waals surface area contributed by atoms with Crippen LogP contribution in [0.1, 0.15) is 40.2 Å². The summed E-state index contributed by atoms with van der Waals surface area (Å²) < 4.78 is 1.97. The molecule has 0 aliphatic heterocycles. The molecule has 0 fully saturated rings. The van der Waals surface area contributed by atoms with Crippen LogP contribution in [0.3, 0.4) is 0 Å². The summed E-state index contributed by atoms with van der Waals surface area (Å²) in [5, 5.41) is 13.2. The van der Waals surface area contributed by atoms with Crippen molar-refractivity contribution in [2.45, 2.75) is 45.2 Å². The lowest BCUT2D eigenvalue weighted by molar-refractivity contribution is -0.113. The minimum Gasteiger partial charge on any atom is -0.372 e. The summed E-state index contributed by atoms with van der Waals surface area (Å²) in [4.78, 5) is 15.1. The van der Waals surface area contributed by atoms with Crippen molar-refractivity contribution >= 4 is 40.6 Å². The SMILES string of the molecule is CCN(CC)c1ccc(NC(=O)CSc2nnc(-c3ccc(C(C)(C)C)cc3)n2-c2ccc(Cl)cc2)cc1. The number of nitrogens with zero attached hydrogens (tertiary/aromatic N) is 4. The third-order valence-corrected chi connectivity index (χ3v) is 7.52. The monoisotopic (exact) mass is 547 g/mol. The van der Waals surface area contributed by atoms with E-state index in [-0.39, 0.29) is 17.1 Å². The maximum atomic E-state index is 12.8. The molecule has 0 aliphatic rings. The zero-order valence-corrected chi connectivity index (χ0v) is 24.1. The van der Waals surface area contributed by atoms with Crippen LogP contribution in [0.25, 0.3) is 17.1 Å². The van der Waals surface area contributed by atoms with Crippen LogP contribution in [0, 0.1) is 0 Å². The van der Waals surface area contributed by atoms with Crippen LogP contribution in [-0.4, -0.2) is 39.5 Å². The first-order valence-corrected chi connectivity index (χ1v) is 14.2. The van der Waals surface area contributed by atoms with E-state index in [1.807, 2.05) is 53.1 Å². The molecule has 0 aliphatic carbocycles. The first kappa shape index (κ1) is 27.7. The number of rotatable bonds is 9. The number of nitrogens with one attached hydrogen (secondary N) is 1. The van der Waals surface area contributed by atoms with Crippen LogP contribution in [0.4, 0.5) is 11.4 Å². The summed E-state index contributed by atoms with van der Waals surface area (Å²) >= 11 is 7.50. The first-order valence-electron chi connectivity index (χ1n) is 12.8. The molecule has 1 aromatic heterocycles. The van der Waals surface area contributed by atoms with Gasteiger partial charge in [0, 0.05) is 40.7 Å². The Morgan fingerprint density at radius 2 is 1.55 bits per heavy atom. The number of carbonyl (C=O) groups excluding carboxylic acids is 1. The summed E-state index contributed by atoms with van der Waals surface area (Å²) in [6, 6.07) is 23.9. The molecule has 198 valence electrons. The van der Waals surface area contributed by atoms with Crippen molar-refractivity contribution in [3.8, 4) is 17.1 Å². The van der Waals surface area contributed by atoms with Crippen LogP contribution < -0.4 is 10.2 Å². The standard InChI is InChI=1S/C30H34ClN5OS/c1-6-35(7-2)25-18-14-24(15-19-25)32-27(37)20-38-29-34-33-28(36(29)26-16-12-23(31)13-17-26)21-8-10-22(11-9-21)30(3,4)5/h8-19H,6-7,20H2,1-5H3,(H,32,37). The van der Waals surface area contributed by atoms with Gasteiger partial charge in [-0.25, -0.2) is 0 Å². The second-order valence-electron chi connectivity index (χ2n) is 10.0. The molecule has 3 aromatic carbocycles. The van der Waals surface area contributed by atoms with Gasteiger partial charge in [0.2, 0.25) is 5.91 Å². The highest BCUT2D eigenvalue weighted by Gasteiger charge is 2.19. The molecule has 1 N–H and O–H groups in total. The molecule has 0 bridgehead atoms. The summed E-state index contributed by atoms with van der Waals surface area (Å²) in [5.74, 6) is 0.807. The topological polar surface area (TPSA) is 63.1 Å². The van der Waals surface area contributed by atoms with E-state index in [0.29, 0.717) is 16.0 Å². The highest BCUT2D eigenvalue weighted by molar-refractivity contribution is 7.99. The maximum absolute atomic E-state index is 12.8. The zero-order valence-electron chi connectivity index (χ0n) is 22.5. The largest absolute Gasteiger partial charge is 0.372 e. The van der Waals surface area contributed by atoms with Crippen molar-refractivity contribution < 1.29 is 4.79 Å². The number of thioether (sulfide) groups is 1. The predicted octanol–water partition coefficient (Wildman–Crippen LogP) is 7.46. The normalized spacial score (nSPS) is 11.4. The van der Waals surface area contributed by atoms with E-state index in [9.17, 15) is 4.79 Å². The number of benzene rings is 3. The number of halogens is 1. The van der Waals surface area contributed by atoms with Gasteiger partial charge in [-0.2, -0.15) is 0 Å². The molecule has 0 radical (unpaired) electrons. The van der Waals surface area contributed by atoms with Gasteiger partial charge in [-0.15, -0.1) is 10.2 Å². The van der Waals surface area contributed by atoms with Gasteiger partial charge in [0.15, 0.2) is 11.0 Å². The smallest absolute Gasteiger partial charge is 0.234 e. The Labute approximate surface area is 234 Å². The van der Waals surface area contributed by atoms with Gasteiger partial charge in [0.25, 0.3) is 0 Å². The quantitative estimate of drug-likeness (QED) is 0.220. The van der Waals surface area contributed by atoms with Crippen LogP contribution in [-0.2, 0) is 10.2 Å². The first-order chi connectivity index (χ1) is 18.2. The molecular formula is C30H34ClN5OS. The van der Waals surface area contributed by atoms with Crippen molar-refractivity contribution in [2.75, 3.05) is 29.1 Å². The molecule has 38 heavy (non-hydrogen) atoms. The number of hydrogen-bond donors (Lipinski definition) is 1. The average Bonchev–Trinajstić information content (AvgIpc) is 3.33. The number of amides is 1. The van der Waals surface area contributed by atoms with Gasteiger partial charge in [-0.3, -0.25) is 9.36 Å². The third kappa shape index (κ3) is 6.58. The van der Waals surface area contributed by atoms with Crippen molar-refractivity contribution in [1.82, 2.24) is 14.8 Å². The zero-order chi connectivity index (χ0) is 27.3. The Hall–Kier alpha value is -3.29. The van der Waals surface area contributed by atoms with Gasteiger partial charge in [-0.05, 0) is 73.4 Å². The Kier molecular flexibility index (Phi) is 8.80. The predicted molar refractivity (Wildman–Crippen MR) is 160 cm³/mol. The van der Waals surface area contributed by atoms with Crippen molar-refractivity contribution in [1.29, 1.82) is 0 Å². The summed E-state index contributed by atoms with van der Waals surface area (Å²) in [6.45, 7) is 12.7. The molecule has 0 spiro atoms. The van der Waals surface area contributed by atoms with E-state index in [4.69, 9.17) is 11.6 Å². The van der Waals surface area contributed by atoms with Crippen LogP contribution >= 0.6 is 23.4 Å². The molecule has 4 rings (SSSR count). The van der Waals surface area contributed by atoms with Gasteiger partial charge in [-0.1, -0.05) is 68.4 Å². The van der Waals surface area contributed by atoms with E-state index < -0.39 is 0 Å². The minimum atomic E-state index is -0.104. The van der Waals surface area contributed by atoms with Crippen LogP contribution in [0.15, 0.2) is 78.0 Å².